The lowest BCUT2D eigenvalue weighted by atomic mass is 10.1. The van der Waals surface area contributed by atoms with E-state index in [4.69, 9.17) is 0 Å². The van der Waals surface area contributed by atoms with Gasteiger partial charge in [0.15, 0.2) is 11.5 Å². The van der Waals surface area contributed by atoms with Gasteiger partial charge in [0, 0.05) is 19.1 Å². The Balaban J connectivity index is 1.62. The van der Waals surface area contributed by atoms with Gasteiger partial charge in [-0.3, -0.25) is 4.79 Å². The van der Waals surface area contributed by atoms with Crippen LogP contribution < -0.4 is 10.2 Å². The fourth-order valence-corrected chi connectivity index (χ4v) is 3.46. The van der Waals surface area contributed by atoms with Crippen molar-refractivity contribution in [3.05, 3.63) is 53.7 Å². The van der Waals surface area contributed by atoms with Crippen LogP contribution in [0, 0.1) is 0 Å². The van der Waals surface area contributed by atoms with Gasteiger partial charge in [0.25, 0.3) is 5.91 Å². The summed E-state index contributed by atoms with van der Waals surface area (Å²) in [5, 5.41) is 11.6. The Hall–Kier alpha value is -2.43. The molecule has 0 spiro atoms. The predicted molar refractivity (Wildman–Crippen MR) is 104 cm³/mol. The lowest BCUT2D eigenvalue weighted by Crippen LogP contribution is -2.35. The molecule has 0 radical (unpaired) electrons. The second-order valence-electron chi connectivity index (χ2n) is 6.94. The van der Waals surface area contributed by atoms with Crippen LogP contribution in [0.1, 0.15) is 61.5 Å². The summed E-state index contributed by atoms with van der Waals surface area (Å²) in [4.78, 5) is 14.6. The molecule has 1 heterocycles. The number of amides is 1. The van der Waals surface area contributed by atoms with E-state index >= 15 is 0 Å². The van der Waals surface area contributed by atoms with E-state index in [2.05, 4.69) is 39.5 Å². The van der Waals surface area contributed by atoms with Gasteiger partial charge >= 0.3 is 0 Å². The zero-order valence-electron chi connectivity index (χ0n) is 15.5. The van der Waals surface area contributed by atoms with Crippen molar-refractivity contribution in [2.75, 3.05) is 11.4 Å². The first-order valence-electron chi connectivity index (χ1n) is 9.69. The smallest absolute Gasteiger partial charge is 0.272 e. The molecule has 1 saturated carbocycles. The summed E-state index contributed by atoms with van der Waals surface area (Å²) in [5.41, 5.74) is 1.63. The Labute approximate surface area is 155 Å². The molecule has 2 aromatic rings. The van der Waals surface area contributed by atoms with Crippen molar-refractivity contribution in [2.24, 2.45) is 0 Å². The molecule has 26 heavy (non-hydrogen) atoms. The van der Waals surface area contributed by atoms with Gasteiger partial charge in [-0.2, -0.15) is 0 Å². The van der Waals surface area contributed by atoms with E-state index in [0.29, 0.717) is 5.69 Å². The van der Waals surface area contributed by atoms with E-state index in [1.807, 2.05) is 24.3 Å². The minimum atomic E-state index is -0.109. The van der Waals surface area contributed by atoms with Gasteiger partial charge < -0.3 is 10.2 Å². The summed E-state index contributed by atoms with van der Waals surface area (Å²) >= 11 is 0. The summed E-state index contributed by atoms with van der Waals surface area (Å²) in [7, 11) is 0. The molecule has 1 aromatic carbocycles. The molecular weight excluding hydrogens is 324 g/mol. The van der Waals surface area contributed by atoms with Crippen molar-refractivity contribution >= 4 is 11.7 Å². The van der Waals surface area contributed by atoms with Crippen LogP contribution >= 0.6 is 0 Å². The van der Waals surface area contributed by atoms with Crippen molar-refractivity contribution in [3.8, 4) is 0 Å². The first-order chi connectivity index (χ1) is 12.8. The molecule has 138 valence electrons. The van der Waals surface area contributed by atoms with Crippen molar-refractivity contribution in [1.29, 1.82) is 0 Å². The van der Waals surface area contributed by atoms with Gasteiger partial charge in [-0.15, -0.1) is 10.2 Å². The summed E-state index contributed by atoms with van der Waals surface area (Å²) in [6.45, 7) is 3.70. The van der Waals surface area contributed by atoms with Gasteiger partial charge in [0.1, 0.15) is 0 Å². The summed E-state index contributed by atoms with van der Waals surface area (Å²) in [6, 6.07) is 14.2. The van der Waals surface area contributed by atoms with Crippen LogP contribution in [0.5, 0.6) is 0 Å². The highest BCUT2D eigenvalue weighted by atomic mass is 16.2. The molecule has 1 aromatic heterocycles. The second kappa shape index (κ2) is 9.32. The molecule has 0 unspecified atom stereocenters. The van der Waals surface area contributed by atoms with E-state index in [9.17, 15) is 4.79 Å². The Morgan fingerprint density at radius 1 is 1.04 bits per heavy atom. The Morgan fingerprint density at radius 2 is 1.77 bits per heavy atom. The van der Waals surface area contributed by atoms with Gasteiger partial charge in [-0.1, -0.05) is 56.0 Å². The number of carbonyl (C=O) groups excluding carboxylic acids is 1. The van der Waals surface area contributed by atoms with Crippen LogP contribution in [0.3, 0.4) is 0 Å². The number of carbonyl (C=O) groups is 1. The minimum absolute atomic E-state index is 0.109. The highest BCUT2D eigenvalue weighted by Gasteiger charge is 2.17. The molecule has 5 heteroatoms. The largest absolute Gasteiger partial charge is 0.351 e. The van der Waals surface area contributed by atoms with Crippen molar-refractivity contribution < 1.29 is 4.79 Å². The molecule has 1 fully saturated rings. The van der Waals surface area contributed by atoms with Crippen LogP contribution in [0.25, 0.3) is 0 Å². The maximum atomic E-state index is 12.4. The van der Waals surface area contributed by atoms with Gasteiger partial charge in [-0.05, 0) is 37.5 Å². The molecule has 0 bridgehead atoms. The Morgan fingerprint density at radius 3 is 2.38 bits per heavy atom. The molecule has 0 saturated heterocycles. The minimum Gasteiger partial charge on any atom is -0.351 e. The topological polar surface area (TPSA) is 58.1 Å². The number of nitrogens with one attached hydrogen (secondary N) is 1. The molecule has 0 aliphatic heterocycles. The van der Waals surface area contributed by atoms with E-state index in [1.165, 1.54) is 31.2 Å². The summed E-state index contributed by atoms with van der Waals surface area (Å²) < 4.78 is 0. The molecule has 1 N–H and O–H groups in total. The van der Waals surface area contributed by atoms with Gasteiger partial charge in [-0.25, -0.2) is 0 Å². The quantitative estimate of drug-likeness (QED) is 0.800. The molecule has 1 amide bonds. The van der Waals surface area contributed by atoms with Crippen LogP contribution in [-0.4, -0.2) is 28.7 Å². The summed E-state index contributed by atoms with van der Waals surface area (Å²) in [5.74, 6) is 0.685. The maximum Gasteiger partial charge on any atom is 0.272 e. The van der Waals surface area contributed by atoms with Crippen molar-refractivity contribution in [1.82, 2.24) is 15.5 Å². The first-order valence-corrected chi connectivity index (χ1v) is 9.69. The van der Waals surface area contributed by atoms with Crippen LogP contribution in [0.15, 0.2) is 42.5 Å². The molecule has 3 rings (SSSR count). The third kappa shape index (κ3) is 5.04. The number of hydrogen-bond donors (Lipinski definition) is 1. The highest BCUT2D eigenvalue weighted by Crippen LogP contribution is 2.18. The fourth-order valence-electron chi connectivity index (χ4n) is 3.46. The Bertz CT molecular complexity index is 679. The molecule has 1 aliphatic carbocycles. The van der Waals surface area contributed by atoms with Crippen molar-refractivity contribution in [2.45, 2.75) is 58.0 Å². The fraction of sp³-hybridized carbons (Fsp3) is 0.476. The highest BCUT2D eigenvalue weighted by molar-refractivity contribution is 5.92. The molecule has 5 nitrogen and oxygen atoms in total. The number of nitrogens with zero attached hydrogens (tertiary/aromatic N) is 3. The van der Waals surface area contributed by atoms with Gasteiger partial charge in [0.05, 0.1) is 0 Å². The van der Waals surface area contributed by atoms with E-state index < -0.39 is 0 Å². The SMILES string of the molecule is CCN(Cc1ccccc1)c1ccc(C(=O)NC2CCCCCC2)nn1. The first kappa shape index (κ1) is 18.4. The van der Waals surface area contributed by atoms with Crippen LogP contribution in [0.2, 0.25) is 0 Å². The lowest BCUT2D eigenvalue weighted by Gasteiger charge is -2.21. The Kier molecular flexibility index (Phi) is 6.58. The lowest BCUT2D eigenvalue weighted by molar-refractivity contribution is 0.0927. The van der Waals surface area contributed by atoms with E-state index in [1.54, 1.807) is 6.07 Å². The van der Waals surface area contributed by atoms with E-state index in [-0.39, 0.29) is 11.9 Å². The maximum absolute atomic E-state index is 12.4. The normalized spacial score (nSPS) is 15.3. The van der Waals surface area contributed by atoms with Crippen LogP contribution in [0.4, 0.5) is 5.82 Å². The number of rotatable bonds is 6. The molecule has 1 aliphatic rings. The zero-order chi connectivity index (χ0) is 18.2. The number of benzene rings is 1. The third-order valence-corrected chi connectivity index (χ3v) is 5.00. The average Bonchev–Trinajstić information content (AvgIpc) is 2.96. The number of anilines is 1. The third-order valence-electron chi connectivity index (χ3n) is 5.00. The monoisotopic (exact) mass is 352 g/mol. The number of hydrogen-bond acceptors (Lipinski definition) is 4. The summed E-state index contributed by atoms with van der Waals surface area (Å²) in [6.07, 6.45) is 7.07. The standard InChI is InChI=1S/C21H28N4O/c1-2-25(16-17-10-6-5-7-11-17)20-15-14-19(23-24-20)21(26)22-18-12-8-3-4-9-13-18/h5-7,10-11,14-15,18H,2-4,8-9,12-13,16H2,1H3,(H,22,26). The molecular formula is C21H28N4O. The second-order valence-corrected chi connectivity index (χ2v) is 6.94. The zero-order valence-corrected chi connectivity index (χ0v) is 15.5. The number of aromatic nitrogens is 2. The predicted octanol–water partition coefficient (Wildman–Crippen LogP) is 3.96. The average molecular weight is 352 g/mol. The van der Waals surface area contributed by atoms with Gasteiger partial charge in [0.2, 0.25) is 0 Å². The molecule has 0 atom stereocenters. The van der Waals surface area contributed by atoms with Crippen LogP contribution in [-0.2, 0) is 6.54 Å². The van der Waals surface area contributed by atoms with Crippen molar-refractivity contribution in [3.63, 3.8) is 0 Å². The van der Waals surface area contributed by atoms with E-state index in [0.717, 1.165) is 31.7 Å².